The second-order valence-electron chi connectivity index (χ2n) is 6.02. The van der Waals surface area contributed by atoms with Crippen molar-refractivity contribution in [3.8, 4) is 0 Å². The monoisotopic (exact) mass is 341 g/mol. The Hall–Kier alpha value is -2.02. The van der Waals surface area contributed by atoms with E-state index in [4.69, 9.17) is 4.74 Å². The van der Waals surface area contributed by atoms with Gasteiger partial charge in [0.2, 0.25) is 0 Å². The van der Waals surface area contributed by atoms with E-state index in [1.165, 1.54) is 0 Å². The topological polar surface area (TPSA) is 46.8 Å². The lowest BCUT2D eigenvalue weighted by Gasteiger charge is -2.34. The summed E-state index contributed by atoms with van der Waals surface area (Å²) in [5.41, 5.74) is 1.81. The first kappa shape index (κ1) is 15.5. The van der Waals surface area contributed by atoms with Crippen molar-refractivity contribution >= 4 is 22.1 Å². The maximum atomic E-state index is 12.5. The summed E-state index contributed by atoms with van der Waals surface area (Å²) in [5, 5.41) is 2.03. The lowest BCUT2D eigenvalue weighted by molar-refractivity contribution is -0.0130. The van der Waals surface area contributed by atoms with E-state index in [0.29, 0.717) is 19.6 Å². The van der Waals surface area contributed by atoms with E-state index in [2.05, 4.69) is 16.1 Å². The predicted octanol–water partition coefficient (Wildman–Crippen LogP) is 2.87. The van der Waals surface area contributed by atoms with Crippen molar-refractivity contribution in [3.63, 3.8) is 0 Å². The van der Waals surface area contributed by atoms with Gasteiger partial charge in [0.15, 0.2) is 10.7 Å². The van der Waals surface area contributed by atoms with Crippen molar-refractivity contribution in [1.82, 2.24) is 14.3 Å². The Kier molecular flexibility index (Phi) is 4.42. The van der Waals surface area contributed by atoms with E-state index in [-0.39, 0.29) is 11.8 Å². The molecule has 0 amide bonds. The fraction of sp³-hybridized carbons (Fsp3) is 0.333. The number of fused-ring (bicyclic) bond motifs is 1. The number of carbonyl (C=O) groups is 1. The van der Waals surface area contributed by atoms with Gasteiger partial charge in [-0.15, -0.1) is 11.3 Å². The molecule has 0 radical (unpaired) electrons. The third-order valence-electron chi connectivity index (χ3n) is 4.37. The van der Waals surface area contributed by atoms with Crippen LogP contribution in [0.25, 0.3) is 4.96 Å². The van der Waals surface area contributed by atoms with Crippen LogP contribution >= 0.6 is 11.3 Å². The number of carbonyl (C=O) groups excluding carboxylic acids is 1. The van der Waals surface area contributed by atoms with Gasteiger partial charge in [-0.2, -0.15) is 0 Å². The first-order valence-corrected chi connectivity index (χ1v) is 8.99. The van der Waals surface area contributed by atoms with Crippen molar-refractivity contribution in [1.29, 1.82) is 0 Å². The van der Waals surface area contributed by atoms with E-state index in [9.17, 15) is 4.79 Å². The number of ether oxygens (including phenoxy) is 1. The van der Waals surface area contributed by atoms with Crippen LogP contribution in [-0.2, 0) is 11.3 Å². The van der Waals surface area contributed by atoms with Crippen LogP contribution in [0.3, 0.4) is 0 Å². The summed E-state index contributed by atoms with van der Waals surface area (Å²) in [5.74, 6) is 0.168. The molecule has 5 nitrogen and oxygen atoms in total. The molecular formula is C18H19N3O2S. The van der Waals surface area contributed by atoms with Crippen molar-refractivity contribution < 1.29 is 9.53 Å². The molecule has 1 atom stereocenters. The fourth-order valence-corrected chi connectivity index (χ4v) is 3.82. The Morgan fingerprint density at radius 2 is 2.21 bits per heavy atom. The number of imidazole rings is 1. The summed E-state index contributed by atoms with van der Waals surface area (Å²) < 4.78 is 7.66. The van der Waals surface area contributed by atoms with Crippen LogP contribution in [0.4, 0.5) is 0 Å². The summed E-state index contributed by atoms with van der Waals surface area (Å²) in [6.07, 6.45) is 4.57. The molecule has 1 aliphatic heterocycles. The molecule has 3 aromatic rings. The molecule has 24 heavy (non-hydrogen) atoms. The number of aromatic nitrogens is 2. The summed E-state index contributed by atoms with van der Waals surface area (Å²) in [7, 11) is 0. The molecule has 0 bridgehead atoms. The molecule has 6 heteroatoms. The van der Waals surface area contributed by atoms with E-state index < -0.39 is 0 Å². The zero-order valence-corrected chi connectivity index (χ0v) is 14.1. The number of ketones is 1. The molecule has 1 fully saturated rings. The largest absolute Gasteiger partial charge is 0.378 e. The average molecular weight is 341 g/mol. The fourth-order valence-electron chi connectivity index (χ4n) is 3.10. The number of rotatable bonds is 5. The van der Waals surface area contributed by atoms with Gasteiger partial charge in [-0.25, -0.2) is 4.98 Å². The standard InChI is InChI=1S/C18H19N3O2S/c22-17(14-4-2-1-3-5-14)10-16-13-23-8-6-20(16)11-15-12-21-7-9-24-18(21)19-15/h1-5,7,9,12,16H,6,8,10-11,13H2/t16-/m0/s1. The SMILES string of the molecule is O=C(C[C@H]1COCCN1Cc1cn2ccsc2n1)c1ccccc1. The van der Waals surface area contributed by atoms with E-state index >= 15 is 0 Å². The van der Waals surface area contributed by atoms with E-state index in [1.807, 2.05) is 46.3 Å². The number of hydrogen-bond acceptors (Lipinski definition) is 5. The minimum Gasteiger partial charge on any atom is -0.378 e. The molecule has 2 aromatic heterocycles. The molecule has 3 heterocycles. The molecule has 4 rings (SSSR count). The smallest absolute Gasteiger partial charge is 0.193 e. The van der Waals surface area contributed by atoms with Gasteiger partial charge in [-0.1, -0.05) is 30.3 Å². The number of Topliss-reactive ketones (excluding diaryl/α,β-unsaturated/α-hetero) is 1. The quantitative estimate of drug-likeness (QED) is 0.670. The van der Waals surface area contributed by atoms with Gasteiger partial charge < -0.3 is 4.74 Å². The minimum absolute atomic E-state index is 0.103. The molecule has 1 aliphatic rings. The molecule has 1 aromatic carbocycles. The zero-order valence-electron chi connectivity index (χ0n) is 13.3. The van der Waals surface area contributed by atoms with Crippen LogP contribution in [0.2, 0.25) is 0 Å². The number of nitrogens with zero attached hydrogens (tertiary/aromatic N) is 3. The normalized spacial score (nSPS) is 18.9. The molecule has 0 N–H and O–H groups in total. The second-order valence-corrected chi connectivity index (χ2v) is 6.89. The Bertz CT molecular complexity index is 799. The third-order valence-corrected chi connectivity index (χ3v) is 5.15. The second kappa shape index (κ2) is 6.84. The van der Waals surface area contributed by atoms with Gasteiger partial charge in [0.25, 0.3) is 0 Å². The summed E-state index contributed by atoms with van der Waals surface area (Å²) in [6, 6.07) is 9.59. The number of benzene rings is 1. The Morgan fingerprint density at radius 1 is 1.33 bits per heavy atom. The third kappa shape index (κ3) is 3.26. The van der Waals surface area contributed by atoms with Crippen molar-refractivity contribution in [2.24, 2.45) is 0 Å². The first-order chi connectivity index (χ1) is 11.8. The van der Waals surface area contributed by atoms with Crippen LogP contribution in [-0.4, -0.2) is 45.9 Å². The highest BCUT2D eigenvalue weighted by atomic mass is 32.1. The Labute approximate surface area is 144 Å². The van der Waals surface area contributed by atoms with Gasteiger partial charge in [0.05, 0.1) is 18.9 Å². The van der Waals surface area contributed by atoms with E-state index in [0.717, 1.165) is 29.3 Å². The first-order valence-electron chi connectivity index (χ1n) is 8.11. The highest BCUT2D eigenvalue weighted by Crippen LogP contribution is 2.18. The van der Waals surface area contributed by atoms with Crippen LogP contribution in [0.1, 0.15) is 22.5 Å². The number of morpholine rings is 1. The highest BCUT2D eigenvalue weighted by molar-refractivity contribution is 7.15. The molecule has 0 saturated carbocycles. The van der Waals surface area contributed by atoms with Crippen LogP contribution < -0.4 is 0 Å². The number of hydrogen-bond donors (Lipinski definition) is 0. The Morgan fingerprint density at radius 3 is 3.04 bits per heavy atom. The van der Waals surface area contributed by atoms with E-state index in [1.54, 1.807) is 11.3 Å². The van der Waals surface area contributed by atoms with Gasteiger partial charge in [0.1, 0.15) is 0 Å². The zero-order chi connectivity index (χ0) is 16.4. The van der Waals surface area contributed by atoms with Crippen molar-refractivity contribution in [2.45, 2.75) is 19.0 Å². The van der Waals surface area contributed by atoms with Crippen molar-refractivity contribution in [2.75, 3.05) is 19.8 Å². The molecule has 124 valence electrons. The lowest BCUT2D eigenvalue weighted by Crippen LogP contribution is -2.45. The maximum absolute atomic E-state index is 12.5. The predicted molar refractivity (Wildman–Crippen MR) is 93.5 cm³/mol. The molecular weight excluding hydrogens is 322 g/mol. The molecule has 0 aliphatic carbocycles. The molecule has 1 saturated heterocycles. The minimum atomic E-state index is 0.103. The van der Waals surface area contributed by atoms with Crippen molar-refractivity contribution in [3.05, 3.63) is 59.4 Å². The van der Waals surface area contributed by atoms with Gasteiger partial charge in [-0.3, -0.25) is 14.1 Å². The lowest BCUT2D eigenvalue weighted by atomic mass is 10.0. The Balaban J connectivity index is 1.46. The molecule has 0 unspecified atom stereocenters. The van der Waals surface area contributed by atoms with Gasteiger partial charge >= 0.3 is 0 Å². The van der Waals surface area contributed by atoms with Gasteiger partial charge in [0, 0.05) is 48.9 Å². The average Bonchev–Trinajstić information content (AvgIpc) is 3.19. The summed E-state index contributed by atoms with van der Waals surface area (Å²) >= 11 is 1.63. The summed E-state index contributed by atoms with van der Waals surface area (Å²) in [4.78, 5) is 20.5. The van der Waals surface area contributed by atoms with Crippen LogP contribution in [0.15, 0.2) is 48.1 Å². The van der Waals surface area contributed by atoms with Crippen LogP contribution in [0.5, 0.6) is 0 Å². The maximum Gasteiger partial charge on any atom is 0.193 e. The van der Waals surface area contributed by atoms with Gasteiger partial charge in [-0.05, 0) is 0 Å². The molecule has 0 spiro atoms. The summed E-state index contributed by atoms with van der Waals surface area (Å²) in [6.45, 7) is 2.89. The highest BCUT2D eigenvalue weighted by Gasteiger charge is 2.26. The number of thiazole rings is 1. The van der Waals surface area contributed by atoms with Crippen LogP contribution in [0, 0.1) is 0 Å².